The van der Waals surface area contributed by atoms with E-state index < -0.39 is 0 Å². The Kier molecular flexibility index (Phi) is 4.49. The summed E-state index contributed by atoms with van der Waals surface area (Å²) in [5.74, 6) is 3.53. The van der Waals surface area contributed by atoms with E-state index in [4.69, 9.17) is 8.83 Å². The van der Waals surface area contributed by atoms with Gasteiger partial charge in [0.1, 0.15) is 5.76 Å². The van der Waals surface area contributed by atoms with Crippen LogP contribution in [-0.4, -0.2) is 15.2 Å². The Morgan fingerprint density at radius 3 is 2.33 bits per heavy atom. The van der Waals surface area contributed by atoms with Crippen LogP contribution in [0.25, 0.3) is 0 Å². The molecule has 5 heteroatoms. The maximum Gasteiger partial charge on any atom is 0.222 e. The lowest BCUT2D eigenvalue weighted by molar-refractivity contribution is 0.300. The smallest absolute Gasteiger partial charge is 0.222 e. The first-order valence-electron chi connectivity index (χ1n) is 7.62. The minimum absolute atomic E-state index is 0.203. The third-order valence-corrected chi connectivity index (χ3v) is 3.67. The Labute approximate surface area is 126 Å². The van der Waals surface area contributed by atoms with Gasteiger partial charge >= 0.3 is 0 Å². The molecule has 116 valence electrons. The summed E-state index contributed by atoms with van der Waals surface area (Å²) in [5.41, 5.74) is -0.208. The van der Waals surface area contributed by atoms with Crippen LogP contribution < -0.4 is 0 Å². The highest BCUT2D eigenvalue weighted by Crippen LogP contribution is 2.34. The number of aromatic nitrogens is 3. The average molecular weight is 291 g/mol. The van der Waals surface area contributed by atoms with Gasteiger partial charge in [0.15, 0.2) is 5.89 Å². The minimum atomic E-state index is -0.208. The highest BCUT2D eigenvalue weighted by Gasteiger charge is 2.31. The standard InChI is InChI=1S/C16H25N3O2/c1-7-12-9-17-14(20-12)11(4)8-16(5,6)15-19-18-13(21-15)10(2)3/h9-11H,7-8H2,1-6H3. The number of rotatable bonds is 6. The molecule has 2 heterocycles. The molecule has 0 fully saturated rings. The van der Waals surface area contributed by atoms with Gasteiger partial charge in [0.25, 0.3) is 0 Å². The number of oxazole rings is 1. The lowest BCUT2D eigenvalue weighted by Gasteiger charge is -2.22. The van der Waals surface area contributed by atoms with Crippen molar-refractivity contribution in [2.24, 2.45) is 0 Å². The van der Waals surface area contributed by atoms with E-state index >= 15 is 0 Å². The molecule has 0 aliphatic heterocycles. The van der Waals surface area contributed by atoms with E-state index in [0.717, 1.165) is 24.5 Å². The fraction of sp³-hybridized carbons (Fsp3) is 0.688. The molecular weight excluding hydrogens is 266 g/mol. The maximum atomic E-state index is 5.80. The van der Waals surface area contributed by atoms with Crippen molar-refractivity contribution in [2.45, 2.75) is 71.6 Å². The monoisotopic (exact) mass is 291 g/mol. The van der Waals surface area contributed by atoms with E-state index in [9.17, 15) is 0 Å². The summed E-state index contributed by atoms with van der Waals surface area (Å²) >= 11 is 0. The molecule has 0 aliphatic carbocycles. The molecule has 21 heavy (non-hydrogen) atoms. The van der Waals surface area contributed by atoms with Gasteiger partial charge in [-0.05, 0) is 6.42 Å². The van der Waals surface area contributed by atoms with Crippen molar-refractivity contribution in [3.05, 3.63) is 29.6 Å². The van der Waals surface area contributed by atoms with Gasteiger partial charge in [-0.1, -0.05) is 41.5 Å². The van der Waals surface area contributed by atoms with Crippen molar-refractivity contribution >= 4 is 0 Å². The van der Waals surface area contributed by atoms with Crippen LogP contribution in [-0.2, 0) is 11.8 Å². The number of hydrogen-bond donors (Lipinski definition) is 0. The summed E-state index contributed by atoms with van der Waals surface area (Å²) in [7, 11) is 0. The van der Waals surface area contributed by atoms with E-state index in [-0.39, 0.29) is 17.3 Å². The van der Waals surface area contributed by atoms with Gasteiger partial charge in [-0.2, -0.15) is 0 Å². The van der Waals surface area contributed by atoms with E-state index in [1.54, 1.807) is 0 Å². The summed E-state index contributed by atoms with van der Waals surface area (Å²) in [6.45, 7) is 12.5. The molecule has 0 aromatic carbocycles. The van der Waals surface area contributed by atoms with Crippen molar-refractivity contribution < 1.29 is 8.83 Å². The molecule has 2 rings (SSSR count). The molecule has 1 unspecified atom stereocenters. The SMILES string of the molecule is CCc1cnc(C(C)CC(C)(C)c2nnc(C(C)C)o2)o1. The molecule has 1 atom stereocenters. The van der Waals surface area contributed by atoms with Gasteiger partial charge in [-0.3, -0.25) is 0 Å². The first-order chi connectivity index (χ1) is 9.83. The predicted molar refractivity (Wildman–Crippen MR) is 80.3 cm³/mol. The predicted octanol–water partition coefficient (Wildman–Crippen LogP) is 4.21. The third kappa shape index (κ3) is 3.52. The van der Waals surface area contributed by atoms with Crippen LogP contribution in [0, 0.1) is 0 Å². The number of aryl methyl sites for hydroxylation is 1. The van der Waals surface area contributed by atoms with Crippen molar-refractivity contribution in [2.75, 3.05) is 0 Å². The summed E-state index contributed by atoms with van der Waals surface area (Å²) in [6.07, 6.45) is 3.52. The van der Waals surface area contributed by atoms with Crippen LogP contribution in [0.1, 0.15) is 83.2 Å². The quantitative estimate of drug-likeness (QED) is 0.797. The van der Waals surface area contributed by atoms with Gasteiger partial charge in [0.05, 0.1) is 6.20 Å². The van der Waals surface area contributed by atoms with Crippen LogP contribution >= 0.6 is 0 Å². The van der Waals surface area contributed by atoms with Gasteiger partial charge in [0.2, 0.25) is 11.8 Å². The summed E-state index contributed by atoms with van der Waals surface area (Å²) < 4.78 is 11.5. The van der Waals surface area contributed by atoms with Crippen molar-refractivity contribution in [3.8, 4) is 0 Å². The average Bonchev–Trinajstić information content (AvgIpc) is 3.07. The highest BCUT2D eigenvalue weighted by atomic mass is 16.4. The lowest BCUT2D eigenvalue weighted by atomic mass is 9.83. The van der Waals surface area contributed by atoms with Gasteiger partial charge < -0.3 is 8.83 Å². The van der Waals surface area contributed by atoms with Gasteiger partial charge in [0, 0.05) is 23.7 Å². The first-order valence-corrected chi connectivity index (χ1v) is 7.62. The normalized spacial score (nSPS) is 13.9. The Balaban J connectivity index is 2.11. The minimum Gasteiger partial charge on any atom is -0.445 e. The second-order valence-corrected chi connectivity index (χ2v) is 6.61. The summed E-state index contributed by atoms with van der Waals surface area (Å²) in [6, 6.07) is 0. The maximum absolute atomic E-state index is 5.80. The molecule has 0 amide bonds. The molecule has 0 saturated carbocycles. The van der Waals surface area contributed by atoms with Gasteiger partial charge in [-0.25, -0.2) is 4.98 Å². The van der Waals surface area contributed by atoms with Crippen molar-refractivity contribution in [1.29, 1.82) is 0 Å². The molecule has 0 bridgehead atoms. The fourth-order valence-electron chi connectivity index (χ4n) is 2.40. The molecule has 0 radical (unpaired) electrons. The van der Waals surface area contributed by atoms with Crippen LogP contribution in [0.2, 0.25) is 0 Å². The number of hydrogen-bond acceptors (Lipinski definition) is 5. The summed E-state index contributed by atoms with van der Waals surface area (Å²) in [5, 5.41) is 8.33. The van der Waals surface area contributed by atoms with Crippen LogP contribution in [0.5, 0.6) is 0 Å². The second-order valence-electron chi connectivity index (χ2n) is 6.61. The summed E-state index contributed by atoms with van der Waals surface area (Å²) in [4.78, 5) is 4.36. The largest absolute Gasteiger partial charge is 0.445 e. The van der Waals surface area contributed by atoms with Crippen molar-refractivity contribution in [1.82, 2.24) is 15.2 Å². The van der Waals surface area contributed by atoms with Gasteiger partial charge in [-0.15, -0.1) is 10.2 Å². The molecule has 2 aromatic rings. The Morgan fingerprint density at radius 2 is 1.81 bits per heavy atom. The molecule has 0 aliphatic rings. The highest BCUT2D eigenvalue weighted by molar-refractivity contribution is 5.05. The Morgan fingerprint density at radius 1 is 1.10 bits per heavy atom. The zero-order valence-electron chi connectivity index (χ0n) is 13.8. The zero-order valence-corrected chi connectivity index (χ0v) is 13.8. The second kappa shape index (κ2) is 6.00. The van der Waals surface area contributed by atoms with Crippen molar-refractivity contribution in [3.63, 3.8) is 0 Å². The zero-order chi connectivity index (χ0) is 15.6. The lowest BCUT2D eigenvalue weighted by Crippen LogP contribution is -2.20. The molecular formula is C16H25N3O2. The van der Waals surface area contributed by atoms with E-state index in [0.29, 0.717) is 11.8 Å². The third-order valence-electron chi connectivity index (χ3n) is 3.67. The van der Waals surface area contributed by atoms with E-state index in [1.807, 2.05) is 20.0 Å². The Hall–Kier alpha value is -1.65. The molecule has 0 saturated heterocycles. The van der Waals surface area contributed by atoms with E-state index in [1.165, 1.54) is 0 Å². The molecule has 0 N–H and O–H groups in total. The topological polar surface area (TPSA) is 65.0 Å². The fourth-order valence-corrected chi connectivity index (χ4v) is 2.40. The van der Waals surface area contributed by atoms with Crippen LogP contribution in [0.3, 0.4) is 0 Å². The van der Waals surface area contributed by atoms with Crippen LogP contribution in [0.15, 0.2) is 15.0 Å². The van der Waals surface area contributed by atoms with Crippen LogP contribution in [0.4, 0.5) is 0 Å². The molecule has 5 nitrogen and oxygen atoms in total. The Bertz CT molecular complexity index is 584. The van der Waals surface area contributed by atoms with E-state index in [2.05, 4.69) is 42.9 Å². The first kappa shape index (κ1) is 15.7. The number of nitrogens with zero attached hydrogens (tertiary/aromatic N) is 3. The molecule has 0 spiro atoms. The molecule has 2 aromatic heterocycles.